The van der Waals surface area contributed by atoms with E-state index < -0.39 is 0 Å². The van der Waals surface area contributed by atoms with Crippen LogP contribution in [0, 0.1) is 6.92 Å². The Morgan fingerprint density at radius 1 is 1.48 bits per heavy atom. The quantitative estimate of drug-likeness (QED) is 0.826. The number of anilines is 1. The van der Waals surface area contributed by atoms with Crippen molar-refractivity contribution in [2.45, 2.75) is 32.4 Å². The first-order valence-electron chi connectivity index (χ1n) is 6.94. The van der Waals surface area contributed by atoms with Crippen LogP contribution >= 0.6 is 27.3 Å². The molecule has 1 fully saturated rings. The van der Waals surface area contributed by atoms with Crippen LogP contribution in [0.1, 0.15) is 34.3 Å². The van der Waals surface area contributed by atoms with Crippen LogP contribution < -0.4 is 5.73 Å². The lowest BCUT2D eigenvalue weighted by Crippen LogP contribution is -2.33. The zero-order chi connectivity index (χ0) is 15.0. The maximum absolute atomic E-state index is 12.9. The van der Waals surface area contributed by atoms with E-state index in [1.54, 1.807) is 11.3 Å². The van der Waals surface area contributed by atoms with Gasteiger partial charge in [0.25, 0.3) is 5.91 Å². The third-order valence-electron chi connectivity index (χ3n) is 3.82. The number of amides is 1. The number of hydrogen-bond acceptors (Lipinski definition) is 3. The van der Waals surface area contributed by atoms with E-state index in [4.69, 9.17) is 5.73 Å². The van der Waals surface area contributed by atoms with Crippen LogP contribution in [-0.4, -0.2) is 16.8 Å². The molecule has 0 spiro atoms. The summed E-state index contributed by atoms with van der Waals surface area (Å²) in [4.78, 5) is 14.9. The van der Waals surface area contributed by atoms with Crippen LogP contribution in [0.3, 0.4) is 0 Å². The molecule has 1 aromatic heterocycles. The number of nitrogens with zero attached hydrogens (tertiary/aromatic N) is 1. The molecular weight excluding hydrogens is 348 g/mol. The maximum atomic E-state index is 12.9. The number of carbonyl (C=O) groups excluding carboxylic acids is 1. The molecule has 0 atom stereocenters. The van der Waals surface area contributed by atoms with Crippen molar-refractivity contribution >= 4 is 38.9 Å². The van der Waals surface area contributed by atoms with Crippen molar-refractivity contribution < 1.29 is 4.79 Å². The van der Waals surface area contributed by atoms with E-state index in [2.05, 4.69) is 27.4 Å². The highest BCUT2D eigenvalue weighted by Crippen LogP contribution is 2.32. The fraction of sp³-hybridized carbons (Fsp3) is 0.312. The number of nitrogen functional groups attached to an aromatic ring is 1. The van der Waals surface area contributed by atoms with Gasteiger partial charge in [-0.15, -0.1) is 0 Å². The van der Waals surface area contributed by atoms with Gasteiger partial charge in [0.15, 0.2) is 0 Å². The van der Waals surface area contributed by atoms with Crippen LogP contribution in [0.25, 0.3) is 0 Å². The molecule has 1 aromatic carbocycles. The Kier molecular flexibility index (Phi) is 4.04. The number of thiophene rings is 1. The molecule has 0 bridgehead atoms. The summed E-state index contributed by atoms with van der Waals surface area (Å²) in [7, 11) is 0. The number of rotatable bonds is 4. The Morgan fingerprint density at radius 3 is 2.86 bits per heavy atom. The third kappa shape index (κ3) is 3.14. The predicted molar refractivity (Wildman–Crippen MR) is 90.5 cm³/mol. The lowest BCUT2D eigenvalue weighted by atomic mass is 10.1. The van der Waals surface area contributed by atoms with E-state index in [-0.39, 0.29) is 5.91 Å². The smallest absolute Gasteiger partial charge is 0.254 e. The largest absolute Gasteiger partial charge is 0.398 e. The Bertz CT molecular complexity index is 665. The summed E-state index contributed by atoms with van der Waals surface area (Å²) in [5.41, 5.74) is 9.39. The van der Waals surface area contributed by atoms with Gasteiger partial charge in [0, 0.05) is 28.3 Å². The van der Waals surface area contributed by atoms with Gasteiger partial charge in [-0.3, -0.25) is 4.79 Å². The molecule has 5 heteroatoms. The molecule has 1 aliphatic rings. The SMILES string of the molecule is Cc1c(N)cc(Br)cc1C(=O)N(Cc1ccsc1)C1CC1. The lowest BCUT2D eigenvalue weighted by Gasteiger charge is -2.23. The molecule has 3 rings (SSSR count). The minimum absolute atomic E-state index is 0.0780. The zero-order valence-corrected chi connectivity index (χ0v) is 14.2. The standard InChI is InChI=1S/C16H17BrN2OS/c1-10-14(6-12(17)7-15(10)18)16(20)19(13-2-3-13)8-11-4-5-21-9-11/h4-7,9,13H,2-3,8,18H2,1H3. The van der Waals surface area contributed by atoms with Crippen molar-refractivity contribution in [2.24, 2.45) is 0 Å². The van der Waals surface area contributed by atoms with Crippen molar-refractivity contribution in [1.82, 2.24) is 4.90 Å². The van der Waals surface area contributed by atoms with Crippen LogP contribution in [0.4, 0.5) is 5.69 Å². The molecule has 21 heavy (non-hydrogen) atoms. The predicted octanol–water partition coefficient (Wildman–Crippen LogP) is 4.21. The molecule has 1 heterocycles. The second kappa shape index (κ2) is 5.81. The average Bonchev–Trinajstić information content (AvgIpc) is 3.16. The number of benzene rings is 1. The molecule has 3 nitrogen and oxygen atoms in total. The van der Waals surface area contributed by atoms with Gasteiger partial charge in [0.1, 0.15) is 0 Å². The third-order valence-corrected chi connectivity index (χ3v) is 5.01. The highest BCUT2D eigenvalue weighted by Gasteiger charge is 2.33. The van der Waals surface area contributed by atoms with Gasteiger partial charge in [-0.2, -0.15) is 11.3 Å². The maximum Gasteiger partial charge on any atom is 0.254 e. The van der Waals surface area contributed by atoms with Gasteiger partial charge < -0.3 is 10.6 Å². The van der Waals surface area contributed by atoms with Crippen molar-refractivity contribution in [1.29, 1.82) is 0 Å². The van der Waals surface area contributed by atoms with E-state index in [1.807, 2.05) is 29.3 Å². The minimum atomic E-state index is 0.0780. The molecule has 0 aliphatic heterocycles. The number of halogens is 1. The second-order valence-corrected chi connectivity index (χ2v) is 7.16. The lowest BCUT2D eigenvalue weighted by molar-refractivity contribution is 0.0729. The van der Waals surface area contributed by atoms with Gasteiger partial charge in [-0.1, -0.05) is 15.9 Å². The van der Waals surface area contributed by atoms with Crippen LogP contribution in [0.15, 0.2) is 33.4 Å². The average molecular weight is 365 g/mol. The van der Waals surface area contributed by atoms with Crippen molar-refractivity contribution in [3.05, 3.63) is 50.1 Å². The van der Waals surface area contributed by atoms with Gasteiger partial charge in [-0.25, -0.2) is 0 Å². The van der Waals surface area contributed by atoms with Gasteiger partial charge >= 0.3 is 0 Å². The molecule has 2 aromatic rings. The van der Waals surface area contributed by atoms with E-state index >= 15 is 0 Å². The van der Waals surface area contributed by atoms with E-state index in [1.165, 1.54) is 5.56 Å². The molecule has 110 valence electrons. The molecule has 2 N–H and O–H groups in total. The molecule has 0 saturated heterocycles. The topological polar surface area (TPSA) is 46.3 Å². The highest BCUT2D eigenvalue weighted by atomic mass is 79.9. The number of nitrogens with two attached hydrogens (primary N) is 1. The van der Waals surface area contributed by atoms with E-state index in [0.29, 0.717) is 23.8 Å². The van der Waals surface area contributed by atoms with E-state index in [9.17, 15) is 4.79 Å². The Morgan fingerprint density at radius 2 is 2.24 bits per heavy atom. The summed E-state index contributed by atoms with van der Waals surface area (Å²) < 4.78 is 0.847. The zero-order valence-electron chi connectivity index (χ0n) is 11.8. The molecule has 0 unspecified atom stereocenters. The summed E-state index contributed by atoms with van der Waals surface area (Å²) in [6.07, 6.45) is 2.19. The fourth-order valence-corrected chi connectivity index (χ4v) is 3.54. The van der Waals surface area contributed by atoms with Gasteiger partial charge in [-0.05, 0) is 59.9 Å². The summed E-state index contributed by atoms with van der Waals surface area (Å²) in [5, 5.41) is 4.15. The van der Waals surface area contributed by atoms with Gasteiger partial charge in [0.05, 0.1) is 0 Å². The second-order valence-electron chi connectivity index (χ2n) is 5.46. The number of hydrogen-bond donors (Lipinski definition) is 1. The Hall–Kier alpha value is -1.33. The van der Waals surface area contributed by atoms with Crippen molar-refractivity contribution in [2.75, 3.05) is 5.73 Å². The highest BCUT2D eigenvalue weighted by molar-refractivity contribution is 9.10. The van der Waals surface area contributed by atoms with Crippen LogP contribution in [0.5, 0.6) is 0 Å². The molecule has 1 aliphatic carbocycles. The van der Waals surface area contributed by atoms with E-state index in [0.717, 1.165) is 22.9 Å². The number of carbonyl (C=O) groups is 1. The van der Waals surface area contributed by atoms with Gasteiger partial charge in [0.2, 0.25) is 0 Å². The Labute approximate surface area is 136 Å². The summed E-state index contributed by atoms with van der Waals surface area (Å²) >= 11 is 5.09. The van der Waals surface area contributed by atoms with Crippen LogP contribution in [-0.2, 0) is 6.54 Å². The van der Waals surface area contributed by atoms with Crippen molar-refractivity contribution in [3.63, 3.8) is 0 Å². The first-order valence-corrected chi connectivity index (χ1v) is 8.67. The van der Waals surface area contributed by atoms with Crippen LogP contribution in [0.2, 0.25) is 0 Å². The van der Waals surface area contributed by atoms with Crippen molar-refractivity contribution in [3.8, 4) is 0 Å². The summed E-state index contributed by atoms with van der Waals surface area (Å²) in [5.74, 6) is 0.0780. The monoisotopic (exact) mass is 364 g/mol. The minimum Gasteiger partial charge on any atom is -0.398 e. The molecule has 1 saturated carbocycles. The first kappa shape index (κ1) is 14.6. The normalized spacial score (nSPS) is 14.2. The molecule has 1 amide bonds. The fourth-order valence-electron chi connectivity index (χ4n) is 2.41. The molecule has 0 radical (unpaired) electrons. The Balaban J connectivity index is 1.91. The summed E-state index contributed by atoms with van der Waals surface area (Å²) in [6, 6.07) is 6.16. The summed E-state index contributed by atoms with van der Waals surface area (Å²) in [6.45, 7) is 2.59. The first-order chi connectivity index (χ1) is 10.1. The molecular formula is C16H17BrN2OS.